The standard InChI is InChI=1S/C13H10F2O2/c1-2-10(16)12-7-6-11(17-12)8-4-3-5-9(14)13(8)15/h3-7H,2H2,1H3. The summed E-state index contributed by atoms with van der Waals surface area (Å²) in [6, 6.07) is 6.74. The van der Waals surface area contributed by atoms with Crippen molar-refractivity contribution in [1.82, 2.24) is 0 Å². The van der Waals surface area contributed by atoms with Gasteiger partial charge in [-0.3, -0.25) is 4.79 Å². The van der Waals surface area contributed by atoms with E-state index in [2.05, 4.69) is 0 Å². The number of ketones is 1. The van der Waals surface area contributed by atoms with E-state index in [-0.39, 0.29) is 22.9 Å². The molecule has 0 spiro atoms. The Bertz CT molecular complexity index is 558. The molecule has 0 N–H and O–H groups in total. The smallest absolute Gasteiger partial charge is 0.197 e. The fraction of sp³-hybridized carbons (Fsp3) is 0.154. The predicted octanol–water partition coefficient (Wildman–Crippen LogP) is 3.82. The van der Waals surface area contributed by atoms with Gasteiger partial charge in [-0.1, -0.05) is 13.0 Å². The topological polar surface area (TPSA) is 30.2 Å². The van der Waals surface area contributed by atoms with Crippen LogP contribution in [0.1, 0.15) is 23.9 Å². The number of Topliss-reactive ketones (excluding diaryl/α,β-unsaturated/α-hetero) is 1. The molecule has 0 aliphatic carbocycles. The van der Waals surface area contributed by atoms with E-state index >= 15 is 0 Å². The van der Waals surface area contributed by atoms with Gasteiger partial charge in [-0.15, -0.1) is 0 Å². The molecule has 0 radical (unpaired) electrons. The van der Waals surface area contributed by atoms with Gasteiger partial charge in [-0.05, 0) is 24.3 Å². The van der Waals surface area contributed by atoms with Crippen LogP contribution < -0.4 is 0 Å². The Morgan fingerprint density at radius 2 is 2.00 bits per heavy atom. The first-order valence-corrected chi connectivity index (χ1v) is 5.21. The van der Waals surface area contributed by atoms with Gasteiger partial charge >= 0.3 is 0 Å². The number of benzene rings is 1. The number of carbonyl (C=O) groups is 1. The molecule has 0 saturated heterocycles. The van der Waals surface area contributed by atoms with Crippen molar-refractivity contribution in [2.24, 2.45) is 0 Å². The van der Waals surface area contributed by atoms with Crippen LogP contribution in [0.4, 0.5) is 8.78 Å². The van der Waals surface area contributed by atoms with Crippen LogP contribution in [0, 0.1) is 11.6 Å². The summed E-state index contributed by atoms with van der Waals surface area (Å²) in [5, 5.41) is 0. The molecular weight excluding hydrogens is 226 g/mol. The zero-order valence-electron chi connectivity index (χ0n) is 9.17. The highest BCUT2D eigenvalue weighted by Gasteiger charge is 2.15. The normalized spacial score (nSPS) is 10.5. The van der Waals surface area contributed by atoms with E-state index in [4.69, 9.17) is 4.42 Å². The van der Waals surface area contributed by atoms with Gasteiger partial charge in [0.1, 0.15) is 5.76 Å². The Balaban J connectivity index is 2.44. The van der Waals surface area contributed by atoms with Crippen LogP contribution in [0.25, 0.3) is 11.3 Å². The minimum Gasteiger partial charge on any atom is -0.453 e. The second-order valence-corrected chi connectivity index (χ2v) is 3.54. The van der Waals surface area contributed by atoms with E-state index in [1.807, 2.05) is 0 Å². The Hall–Kier alpha value is -1.97. The van der Waals surface area contributed by atoms with Gasteiger partial charge in [0, 0.05) is 6.42 Å². The highest BCUT2D eigenvalue weighted by atomic mass is 19.2. The lowest BCUT2D eigenvalue weighted by atomic mass is 10.1. The molecule has 0 unspecified atom stereocenters. The summed E-state index contributed by atoms with van der Waals surface area (Å²) in [5.41, 5.74) is 0.0140. The summed E-state index contributed by atoms with van der Waals surface area (Å²) >= 11 is 0. The Kier molecular flexibility index (Phi) is 3.04. The quantitative estimate of drug-likeness (QED) is 0.758. The summed E-state index contributed by atoms with van der Waals surface area (Å²) in [4.78, 5) is 11.3. The third-order valence-corrected chi connectivity index (χ3v) is 2.42. The minimum atomic E-state index is -0.975. The molecule has 0 saturated carbocycles. The molecule has 0 aliphatic heterocycles. The first kappa shape index (κ1) is 11.5. The fourth-order valence-corrected chi connectivity index (χ4v) is 1.50. The molecule has 4 heteroatoms. The maximum absolute atomic E-state index is 13.5. The average Bonchev–Trinajstić information content (AvgIpc) is 2.81. The second-order valence-electron chi connectivity index (χ2n) is 3.54. The Labute approximate surface area is 96.9 Å². The van der Waals surface area contributed by atoms with Crippen molar-refractivity contribution >= 4 is 5.78 Å². The summed E-state index contributed by atoms with van der Waals surface area (Å²) in [5.74, 6) is -1.78. The molecule has 88 valence electrons. The fourth-order valence-electron chi connectivity index (χ4n) is 1.50. The molecule has 2 nitrogen and oxygen atoms in total. The van der Waals surface area contributed by atoms with Crippen molar-refractivity contribution in [3.63, 3.8) is 0 Å². The molecule has 17 heavy (non-hydrogen) atoms. The highest BCUT2D eigenvalue weighted by molar-refractivity contribution is 5.93. The van der Waals surface area contributed by atoms with E-state index in [1.54, 1.807) is 6.92 Å². The predicted molar refractivity (Wildman–Crippen MR) is 58.7 cm³/mol. The van der Waals surface area contributed by atoms with Gasteiger partial charge in [0.05, 0.1) is 5.56 Å². The van der Waals surface area contributed by atoms with Crippen molar-refractivity contribution in [3.8, 4) is 11.3 Å². The van der Waals surface area contributed by atoms with Crippen LogP contribution in [0.5, 0.6) is 0 Å². The summed E-state index contributed by atoms with van der Waals surface area (Å²) in [6.07, 6.45) is 0.304. The van der Waals surface area contributed by atoms with Gasteiger partial charge in [-0.25, -0.2) is 8.78 Å². The molecule has 0 bridgehead atoms. The summed E-state index contributed by atoms with van der Waals surface area (Å²) in [7, 11) is 0. The Morgan fingerprint density at radius 1 is 1.24 bits per heavy atom. The van der Waals surface area contributed by atoms with Crippen molar-refractivity contribution in [2.45, 2.75) is 13.3 Å². The van der Waals surface area contributed by atoms with Gasteiger partial charge < -0.3 is 4.42 Å². The van der Waals surface area contributed by atoms with E-state index in [0.29, 0.717) is 6.42 Å². The van der Waals surface area contributed by atoms with Gasteiger partial charge in [-0.2, -0.15) is 0 Å². The molecule has 0 fully saturated rings. The number of halogens is 2. The first-order valence-electron chi connectivity index (χ1n) is 5.21. The maximum Gasteiger partial charge on any atom is 0.197 e. The van der Waals surface area contributed by atoms with Crippen LogP contribution in [-0.2, 0) is 0 Å². The monoisotopic (exact) mass is 236 g/mol. The minimum absolute atomic E-state index is 0.0140. The van der Waals surface area contributed by atoms with Gasteiger partial charge in [0.2, 0.25) is 0 Å². The lowest BCUT2D eigenvalue weighted by Crippen LogP contribution is -1.92. The van der Waals surface area contributed by atoms with Crippen LogP contribution >= 0.6 is 0 Å². The zero-order chi connectivity index (χ0) is 12.4. The summed E-state index contributed by atoms with van der Waals surface area (Å²) < 4.78 is 31.7. The van der Waals surface area contributed by atoms with E-state index < -0.39 is 11.6 Å². The molecule has 1 aromatic heterocycles. The van der Waals surface area contributed by atoms with E-state index in [1.165, 1.54) is 24.3 Å². The van der Waals surface area contributed by atoms with Crippen LogP contribution in [-0.4, -0.2) is 5.78 Å². The maximum atomic E-state index is 13.5. The SMILES string of the molecule is CCC(=O)c1ccc(-c2cccc(F)c2F)o1. The van der Waals surface area contributed by atoms with Crippen molar-refractivity contribution in [1.29, 1.82) is 0 Å². The van der Waals surface area contributed by atoms with Crippen LogP contribution in [0.2, 0.25) is 0 Å². The molecular formula is C13H10F2O2. The van der Waals surface area contributed by atoms with Crippen LogP contribution in [0.3, 0.4) is 0 Å². The van der Waals surface area contributed by atoms with E-state index in [0.717, 1.165) is 6.07 Å². The lowest BCUT2D eigenvalue weighted by Gasteiger charge is -1.99. The van der Waals surface area contributed by atoms with E-state index in [9.17, 15) is 13.6 Å². The van der Waals surface area contributed by atoms with Gasteiger partial charge in [0.15, 0.2) is 23.2 Å². The number of carbonyl (C=O) groups excluding carboxylic acids is 1. The molecule has 1 aromatic carbocycles. The van der Waals surface area contributed by atoms with Crippen molar-refractivity contribution in [3.05, 3.63) is 47.7 Å². The number of hydrogen-bond acceptors (Lipinski definition) is 2. The third-order valence-electron chi connectivity index (χ3n) is 2.42. The van der Waals surface area contributed by atoms with Crippen LogP contribution in [0.15, 0.2) is 34.7 Å². The largest absolute Gasteiger partial charge is 0.453 e. The molecule has 2 aromatic rings. The Morgan fingerprint density at radius 3 is 2.71 bits per heavy atom. The lowest BCUT2D eigenvalue weighted by molar-refractivity contribution is 0.0962. The number of rotatable bonds is 3. The average molecular weight is 236 g/mol. The second kappa shape index (κ2) is 4.49. The molecule has 2 rings (SSSR count). The van der Waals surface area contributed by atoms with Gasteiger partial charge in [0.25, 0.3) is 0 Å². The zero-order valence-corrected chi connectivity index (χ0v) is 9.17. The number of furan rings is 1. The van der Waals surface area contributed by atoms with Crippen molar-refractivity contribution < 1.29 is 18.0 Å². The molecule has 0 amide bonds. The third kappa shape index (κ3) is 2.11. The van der Waals surface area contributed by atoms with Crippen molar-refractivity contribution in [2.75, 3.05) is 0 Å². The highest BCUT2D eigenvalue weighted by Crippen LogP contribution is 2.26. The first-order chi connectivity index (χ1) is 8.13. The molecule has 1 heterocycles. The number of hydrogen-bond donors (Lipinski definition) is 0. The summed E-state index contributed by atoms with van der Waals surface area (Å²) in [6.45, 7) is 1.70. The molecule has 0 atom stereocenters. The molecule has 0 aliphatic rings.